The second kappa shape index (κ2) is 5.14. The Balaban J connectivity index is 1.80. The fourth-order valence-corrected chi connectivity index (χ4v) is 4.81. The molecule has 3 fully saturated rings. The molecule has 0 radical (unpaired) electrons. The van der Waals surface area contributed by atoms with Gasteiger partial charge in [0.05, 0.1) is 13.0 Å². The zero-order chi connectivity index (χ0) is 17.0. The van der Waals surface area contributed by atoms with Crippen LogP contribution in [0.3, 0.4) is 0 Å². The van der Waals surface area contributed by atoms with E-state index in [1.807, 2.05) is 13.8 Å². The van der Waals surface area contributed by atoms with Crippen molar-refractivity contribution < 1.29 is 23.9 Å². The maximum atomic E-state index is 13.1. The lowest BCUT2D eigenvalue weighted by atomic mass is 9.67. The topological polar surface area (TPSA) is 80.8 Å². The van der Waals surface area contributed by atoms with E-state index in [1.54, 1.807) is 4.90 Å². The van der Waals surface area contributed by atoms with Crippen molar-refractivity contribution in [3.63, 3.8) is 0 Å². The number of hydrogen-bond donors (Lipinski definition) is 0. The van der Waals surface area contributed by atoms with Gasteiger partial charge in [0, 0.05) is 19.0 Å². The van der Waals surface area contributed by atoms with Crippen LogP contribution in [0.15, 0.2) is 0 Å². The first kappa shape index (κ1) is 16.1. The van der Waals surface area contributed by atoms with Crippen LogP contribution in [0.4, 0.5) is 0 Å². The number of piperidine rings is 1. The van der Waals surface area contributed by atoms with E-state index in [1.165, 1.54) is 7.11 Å². The number of carbonyl (C=O) groups is 4. The van der Waals surface area contributed by atoms with Crippen LogP contribution in [0.25, 0.3) is 0 Å². The Labute approximate surface area is 135 Å². The van der Waals surface area contributed by atoms with Crippen molar-refractivity contribution in [3.05, 3.63) is 0 Å². The minimum Gasteiger partial charge on any atom is -0.469 e. The van der Waals surface area contributed by atoms with E-state index >= 15 is 0 Å². The fourth-order valence-electron chi connectivity index (χ4n) is 4.81. The maximum Gasteiger partial charge on any atom is 0.308 e. The summed E-state index contributed by atoms with van der Waals surface area (Å²) < 4.78 is 4.76. The molecular weight excluding hydrogens is 298 g/mol. The van der Waals surface area contributed by atoms with Crippen molar-refractivity contribution in [1.29, 1.82) is 0 Å². The monoisotopic (exact) mass is 321 g/mol. The normalized spacial score (nSPS) is 33.2. The minimum atomic E-state index is -1.19. The molecule has 3 aliphatic rings. The molecule has 1 heterocycles. The molecular formula is C17H23NO5. The minimum absolute atomic E-state index is 0.188. The van der Waals surface area contributed by atoms with Crippen LogP contribution in [-0.2, 0) is 23.9 Å². The van der Waals surface area contributed by atoms with Crippen LogP contribution in [0, 0.1) is 22.7 Å². The van der Waals surface area contributed by atoms with Crippen molar-refractivity contribution in [3.8, 4) is 0 Å². The van der Waals surface area contributed by atoms with Crippen LogP contribution >= 0.6 is 0 Å². The summed E-state index contributed by atoms with van der Waals surface area (Å²) in [6.07, 6.45) is 2.16. The summed E-state index contributed by atoms with van der Waals surface area (Å²) in [4.78, 5) is 51.1. The molecule has 126 valence electrons. The largest absolute Gasteiger partial charge is 0.469 e. The number of hydrogen-bond acceptors (Lipinski definition) is 5. The van der Waals surface area contributed by atoms with Crippen molar-refractivity contribution in [2.45, 2.75) is 39.5 Å². The molecule has 0 aromatic rings. The number of fused-ring (bicyclic) bond motifs is 2. The molecule has 6 heteroatoms. The Kier molecular flexibility index (Phi) is 3.61. The van der Waals surface area contributed by atoms with E-state index in [2.05, 4.69) is 0 Å². The Bertz CT molecular complexity index is 588. The van der Waals surface area contributed by atoms with E-state index < -0.39 is 16.6 Å². The van der Waals surface area contributed by atoms with Crippen LogP contribution in [0.2, 0.25) is 0 Å². The molecule has 2 atom stereocenters. The van der Waals surface area contributed by atoms with Gasteiger partial charge in [0.1, 0.15) is 5.41 Å². The van der Waals surface area contributed by atoms with Gasteiger partial charge in [-0.05, 0) is 31.1 Å². The van der Waals surface area contributed by atoms with E-state index in [0.29, 0.717) is 38.8 Å². The second-order valence-corrected chi connectivity index (χ2v) is 7.50. The molecule has 3 rings (SSSR count). The summed E-state index contributed by atoms with van der Waals surface area (Å²) in [5, 5.41) is 0. The van der Waals surface area contributed by atoms with Crippen LogP contribution in [0.5, 0.6) is 0 Å². The molecule has 0 aromatic carbocycles. The molecule has 6 nitrogen and oxygen atoms in total. The van der Waals surface area contributed by atoms with Crippen LogP contribution < -0.4 is 0 Å². The van der Waals surface area contributed by atoms with Gasteiger partial charge in [0.15, 0.2) is 0 Å². The predicted octanol–water partition coefficient (Wildman–Crippen LogP) is 0.972. The van der Waals surface area contributed by atoms with Gasteiger partial charge in [-0.3, -0.25) is 19.2 Å². The Morgan fingerprint density at radius 3 is 2.22 bits per heavy atom. The summed E-state index contributed by atoms with van der Waals surface area (Å²) in [5.41, 5.74) is -1.80. The van der Waals surface area contributed by atoms with Gasteiger partial charge in [0.2, 0.25) is 17.5 Å². The number of Topliss-reactive ketones (excluding diaryl/α,β-unsaturated/α-hetero) is 2. The molecule has 2 saturated carbocycles. The van der Waals surface area contributed by atoms with Gasteiger partial charge >= 0.3 is 5.97 Å². The highest BCUT2D eigenvalue weighted by atomic mass is 16.5. The summed E-state index contributed by atoms with van der Waals surface area (Å²) >= 11 is 0. The first-order valence-corrected chi connectivity index (χ1v) is 8.23. The fraction of sp³-hybridized carbons (Fsp3) is 0.765. The van der Waals surface area contributed by atoms with Crippen LogP contribution in [0.1, 0.15) is 39.5 Å². The number of ether oxygens (including phenoxy) is 1. The molecule has 0 aromatic heterocycles. The number of rotatable bonds is 2. The van der Waals surface area contributed by atoms with Crippen molar-refractivity contribution in [2.24, 2.45) is 22.7 Å². The van der Waals surface area contributed by atoms with Crippen molar-refractivity contribution >= 4 is 23.4 Å². The second-order valence-electron chi connectivity index (χ2n) is 7.50. The quantitative estimate of drug-likeness (QED) is 0.430. The highest BCUT2D eigenvalue weighted by Gasteiger charge is 2.73. The lowest BCUT2D eigenvalue weighted by molar-refractivity contribution is -0.158. The molecule has 2 unspecified atom stereocenters. The highest BCUT2D eigenvalue weighted by molar-refractivity contribution is 6.47. The molecule has 0 spiro atoms. The third-order valence-electron chi connectivity index (χ3n) is 6.39. The smallest absolute Gasteiger partial charge is 0.308 e. The van der Waals surface area contributed by atoms with Crippen LogP contribution in [-0.4, -0.2) is 48.5 Å². The van der Waals surface area contributed by atoms with Crippen molar-refractivity contribution in [1.82, 2.24) is 4.90 Å². The first-order valence-electron chi connectivity index (χ1n) is 8.23. The lowest BCUT2D eigenvalue weighted by Crippen LogP contribution is -2.54. The summed E-state index contributed by atoms with van der Waals surface area (Å²) in [5.74, 6) is -1.86. The highest BCUT2D eigenvalue weighted by Crippen LogP contribution is 2.63. The lowest BCUT2D eigenvalue weighted by Gasteiger charge is -2.40. The number of methoxy groups -OCH3 is 1. The van der Waals surface area contributed by atoms with E-state index in [0.717, 1.165) is 0 Å². The summed E-state index contributed by atoms with van der Waals surface area (Å²) in [6.45, 7) is 4.60. The van der Waals surface area contributed by atoms with Gasteiger partial charge in [-0.2, -0.15) is 0 Å². The van der Waals surface area contributed by atoms with E-state index in [-0.39, 0.29) is 29.5 Å². The average Bonchev–Trinajstić information content (AvgIpc) is 2.90. The third-order valence-corrected chi connectivity index (χ3v) is 6.39. The molecule has 23 heavy (non-hydrogen) atoms. The number of nitrogens with zero attached hydrogens (tertiary/aromatic N) is 1. The SMILES string of the molecule is COC(=O)C1CCN(C(=O)C23CCC(C(=O)C2=O)C3(C)C)CC1. The van der Waals surface area contributed by atoms with Gasteiger partial charge in [0.25, 0.3) is 0 Å². The number of likely N-dealkylation sites (tertiary alicyclic amines) is 1. The average molecular weight is 321 g/mol. The zero-order valence-corrected chi connectivity index (χ0v) is 13.9. The van der Waals surface area contributed by atoms with Crippen molar-refractivity contribution in [2.75, 3.05) is 20.2 Å². The van der Waals surface area contributed by atoms with Gasteiger partial charge in [-0.1, -0.05) is 13.8 Å². The molecule has 1 saturated heterocycles. The van der Waals surface area contributed by atoms with Gasteiger partial charge in [-0.25, -0.2) is 0 Å². The molecule has 0 N–H and O–H groups in total. The number of carbonyl (C=O) groups excluding carboxylic acids is 4. The molecule has 2 bridgehead atoms. The maximum absolute atomic E-state index is 13.1. The molecule has 1 aliphatic heterocycles. The predicted molar refractivity (Wildman–Crippen MR) is 80.3 cm³/mol. The standard InChI is InChI=1S/C17H23NO5/c1-16(2)11-4-7-17(16,13(20)12(11)19)15(22)18-8-5-10(6-9-18)14(21)23-3/h10-11H,4-9H2,1-3H3. The summed E-state index contributed by atoms with van der Waals surface area (Å²) in [6, 6.07) is 0. The Morgan fingerprint density at radius 1 is 1.13 bits per heavy atom. The van der Waals surface area contributed by atoms with Gasteiger partial charge in [-0.15, -0.1) is 0 Å². The first-order chi connectivity index (χ1) is 10.8. The number of esters is 1. The summed E-state index contributed by atoms with van der Waals surface area (Å²) in [7, 11) is 1.36. The zero-order valence-electron chi connectivity index (χ0n) is 13.9. The number of amides is 1. The molecule has 2 aliphatic carbocycles. The number of ketones is 2. The van der Waals surface area contributed by atoms with E-state index in [4.69, 9.17) is 4.74 Å². The van der Waals surface area contributed by atoms with Gasteiger partial charge < -0.3 is 9.64 Å². The Morgan fingerprint density at radius 2 is 1.74 bits per heavy atom. The molecule has 1 amide bonds. The van der Waals surface area contributed by atoms with E-state index in [9.17, 15) is 19.2 Å². The Hall–Kier alpha value is -1.72. The third kappa shape index (κ3) is 1.93.